The summed E-state index contributed by atoms with van der Waals surface area (Å²) in [5.74, 6) is -0.498. The lowest BCUT2D eigenvalue weighted by molar-refractivity contribution is -0.144. The van der Waals surface area contributed by atoms with E-state index in [2.05, 4.69) is 0 Å². The van der Waals surface area contributed by atoms with Gasteiger partial charge in [-0.1, -0.05) is 30.4 Å². The van der Waals surface area contributed by atoms with E-state index in [0.29, 0.717) is 39.2 Å². The Labute approximate surface area is 195 Å². The fraction of sp³-hybridized carbons (Fsp3) is 0.318. The zero-order valence-electron chi connectivity index (χ0n) is 17.2. The quantitative estimate of drug-likeness (QED) is 0.490. The highest BCUT2D eigenvalue weighted by atomic mass is 32.2. The van der Waals surface area contributed by atoms with Crippen molar-refractivity contribution in [3.63, 3.8) is 0 Å². The molecule has 2 atom stereocenters. The van der Waals surface area contributed by atoms with E-state index >= 15 is 0 Å². The van der Waals surface area contributed by atoms with Gasteiger partial charge in [-0.2, -0.15) is 0 Å². The molecule has 0 spiro atoms. The summed E-state index contributed by atoms with van der Waals surface area (Å²) in [6.45, 7) is 0. The lowest BCUT2D eigenvalue weighted by Crippen LogP contribution is -2.42. The summed E-state index contributed by atoms with van der Waals surface area (Å²) in [5.41, 5.74) is 0.714. The van der Waals surface area contributed by atoms with Gasteiger partial charge in [-0.3, -0.25) is 14.5 Å². The van der Waals surface area contributed by atoms with E-state index < -0.39 is 21.7 Å². The van der Waals surface area contributed by atoms with Crippen LogP contribution in [-0.4, -0.2) is 46.9 Å². The third-order valence-electron chi connectivity index (χ3n) is 5.65. The van der Waals surface area contributed by atoms with Crippen LogP contribution in [0.4, 0.5) is 0 Å². The molecule has 2 unspecified atom stereocenters. The van der Waals surface area contributed by atoms with Crippen LogP contribution < -0.4 is 0 Å². The van der Waals surface area contributed by atoms with Crippen molar-refractivity contribution < 1.29 is 27.5 Å². The molecule has 2 aromatic rings. The maximum atomic E-state index is 13.0. The fourth-order valence-corrected chi connectivity index (χ4v) is 6.01. The van der Waals surface area contributed by atoms with Gasteiger partial charge in [-0.25, -0.2) is 8.42 Å². The molecule has 1 saturated heterocycles. The second-order valence-electron chi connectivity index (χ2n) is 7.91. The van der Waals surface area contributed by atoms with Crippen LogP contribution in [0.5, 0.6) is 0 Å². The minimum absolute atomic E-state index is 0.205. The number of rotatable bonds is 5. The summed E-state index contributed by atoms with van der Waals surface area (Å²) in [6.07, 6.45) is 5.29. The van der Waals surface area contributed by atoms with E-state index in [0.717, 1.165) is 19.1 Å². The molecular weight excluding hydrogens is 470 g/mol. The summed E-state index contributed by atoms with van der Waals surface area (Å²) in [7, 11) is -3.28. The molecule has 1 amide bonds. The van der Waals surface area contributed by atoms with Crippen molar-refractivity contribution in [1.29, 1.82) is 0 Å². The van der Waals surface area contributed by atoms with Crippen LogP contribution in [0.25, 0.3) is 17.4 Å². The Kier molecular flexibility index (Phi) is 6.28. The van der Waals surface area contributed by atoms with Crippen LogP contribution in [0, 0.1) is 5.92 Å². The SMILES string of the molecule is CS(=O)(=O)c1ccc(-c2ccc(/C=C3/SC(=S)N(C4CCCC(C(=O)O)C4)C3=O)o2)cc1. The molecule has 32 heavy (non-hydrogen) atoms. The number of carboxylic acid groups (broad SMARTS) is 1. The number of carbonyl (C=O) groups excluding carboxylic acids is 1. The number of furan rings is 1. The van der Waals surface area contributed by atoms with Crippen LogP contribution in [-0.2, 0) is 19.4 Å². The van der Waals surface area contributed by atoms with E-state index in [1.165, 1.54) is 23.9 Å². The molecule has 1 N–H and O–H groups in total. The maximum absolute atomic E-state index is 13.0. The van der Waals surface area contributed by atoms with Crippen LogP contribution in [0.1, 0.15) is 31.4 Å². The predicted octanol–water partition coefficient (Wildman–Crippen LogP) is 4.19. The second-order valence-corrected chi connectivity index (χ2v) is 11.6. The van der Waals surface area contributed by atoms with Crippen molar-refractivity contribution in [2.75, 3.05) is 6.26 Å². The Balaban J connectivity index is 1.51. The average molecular weight is 492 g/mol. The topological polar surface area (TPSA) is 105 Å². The van der Waals surface area contributed by atoms with Gasteiger partial charge in [-0.05, 0) is 55.7 Å². The van der Waals surface area contributed by atoms with Gasteiger partial charge in [0.15, 0.2) is 9.84 Å². The predicted molar refractivity (Wildman–Crippen MR) is 126 cm³/mol. The third kappa shape index (κ3) is 4.67. The number of thioether (sulfide) groups is 1. The minimum Gasteiger partial charge on any atom is -0.481 e. The Bertz CT molecular complexity index is 1210. The zero-order valence-corrected chi connectivity index (χ0v) is 19.6. The summed E-state index contributed by atoms with van der Waals surface area (Å²) in [6, 6.07) is 9.65. The molecule has 4 rings (SSSR count). The van der Waals surface area contributed by atoms with Crippen LogP contribution in [0.3, 0.4) is 0 Å². The monoisotopic (exact) mass is 491 g/mol. The standard InChI is InChI=1S/C22H21NO6S3/c1-32(27,28)17-8-5-13(6-9-17)18-10-7-16(29-18)12-19-20(24)23(22(30)31-19)15-4-2-3-14(11-15)21(25)26/h5-10,12,14-15H,2-4,11H2,1H3,(H,25,26)/b19-12+. The maximum Gasteiger partial charge on any atom is 0.306 e. The number of nitrogens with zero attached hydrogens (tertiary/aromatic N) is 1. The zero-order chi connectivity index (χ0) is 23.0. The molecule has 2 heterocycles. The van der Waals surface area contributed by atoms with Gasteiger partial charge in [0.05, 0.1) is 15.7 Å². The molecular formula is C22H21NO6S3. The first-order valence-corrected chi connectivity index (χ1v) is 13.2. The van der Waals surface area contributed by atoms with Crippen LogP contribution in [0.2, 0.25) is 0 Å². The van der Waals surface area contributed by atoms with Crippen LogP contribution >= 0.6 is 24.0 Å². The highest BCUT2D eigenvalue weighted by Gasteiger charge is 2.40. The molecule has 2 fully saturated rings. The van der Waals surface area contributed by atoms with Gasteiger partial charge < -0.3 is 9.52 Å². The Morgan fingerprint density at radius 2 is 1.94 bits per heavy atom. The number of amides is 1. The molecule has 7 nitrogen and oxygen atoms in total. The number of carboxylic acids is 1. The summed E-state index contributed by atoms with van der Waals surface area (Å²) >= 11 is 6.60. The van der Waals surface area contributed by atoms with E-state index in [1.54, 1.807) is 35.2 Å². The lowest BCUT2D eigenvalue weighted by Gasteiger charge is -2.32. The minimum atomic E-state index is -3.28. The molecule has 1 aliphatic heterocycles. The molecule has 0 bridgehead atoms. The third-order valence-corrected chi connectivity index (χ3v) is 8.11. The molecule has 1 aromatic heterocycles. The Morgan fingerprint density at radius 1 is 1.22 bits per heavy atom. The number of aliphatic carboxylic acids is 1. The van der Waals surface area contributed by atoms with Crippen LogP contribution in [0.15, 0.2) is 50.6 Å². The first kappa shape index (κ1) is 22.8. The molecule has 1 aliphatic carbocycles. The molecule has 2 aliphatic rings. The van der Waals surface area contributed by atoms with Crippen molar-refractivity contribution >= 4 is 56.1 Å². The lowest BCUT2D eigenvalue weighted by atomic mass is 9.85. The normalized spacial score (nSPS) is 23.2. The molecule has 168 valence electrons. The van der Waals surface area contributed by atoms with Crippen molar-refractivity contribution in [2.24, 2.45) is 5.92 Å². The number of sulfone groups is 1. The Morgan fingerprint density at radius 3 is 2.59 bits per heavy atom. The number of thiocarbonyl (C=S) groups is 1. The van der Waals surface area contributed by atoms with Gasteiger partial charge in [0, 0.05) is 23.9 Å². The largest absolute Gasteiger partial charge is 0.481 e. The van der Waals surface area contributed by atoms with Crippen molar-refractivity contribution in [3.05, 3.63) is 47.1 Å². The molecule has 1 aromatic carbocycles. The smallest absolute Gasteiger partial charge is 0.306 e. The van der Waals surface area contributed by atoms with Gasteiger partial charge in [-0.15, -0.1) is 0 Å². The number of hydrogen-bond acceptors (Lipinski definition) is 7. The number of benzene rings is 1. The van der Waals surface area contributed by atoms with Crippen molar-refractivity contribution in [2.45, 2.75) is 36.6 Å². The van der Waals surface area contributed by atoms with Gasteiger partial charge in [0.2, 0.25) is 0 Å². The highest BCUT2D eigenvalue weighted by Crippen LogP contribution is 2.39. The summed E-state index contributed by atoms with van der Waals surface area (Å²) < 4.78 is 29.5. The molecule has 1 saturated carbocycles. The average Bonchev–Trinajstić information content (AvgIpc) is 3.32. The van der Waals surface area contributed by atoms with E-state index in [4.69, 9.17) is 16.6 Å². The number of carbonyl (C=O) groups is 2. The number of hydrogen-bond donors (Lipinski definition) is 1. The molecule has 10 heteroatoms. The highest BCUT2D eigenvalue weighted by molar-refractivity contribution is 8.26. The Hall–Kier alpha value is -2.43. The first-order valence-electron chi connectivity index (χ1n) is 10.0. The first-order chi connectivity index (χ1) is 15.1. The van der Waals surface area contributed by atoms with Crippen molar-refractivity contribution in [3.8, 4) is 11.3 Å². The van der Waals surface area contributed by atoms with Gasteiger partial charge >= 0.3 is 5.97 Å². The van der Waals surface area contributed by atoms with Gasteiger partial charge in [0.1, 0.15) is 15.8 Å². The summed E-state index contributed by atoms with van der Waals surface area (Å²) in [5, 5.41) is 9.33. The van der Waals surface area contributed by atoms with E-state index in [-0.39, 0.29) is 16.8 Å². The summed E-state index contributed by atoms with van der Waals surface area (Å²) in [4.78, 5) is 26.6. The van der Waals surface area contributed by atoms with Crippen molar-refractivity contribution in [1.82, 2.24) is 4.90 Å². The molecule has 0 radical (unpaired) electrons. The second kappa shape index (κ2) is 8.84. The fourth-order valence-electron chi connectivity index (χ4n) is 4.00. The van der Waals surface area contributed by atoms with E-state index in [1.807, 2.05) is 0 Å². The van der Waals surface area contributed by atoms with Gasteiger partial charge in [0.25, 0.3) is 5.91 Å². The van der Waals surface area contributed by atoms with E-state index in [9.17, 15) is 23.1 Å².